The highest BCUT2D eigenvalue weighted by Crippen LogP contribution is 2.17. The third-order valence-corrected chi connectivity index (χ3v) is 2.49. The van der Waals surface area contributed by atoms with Gasteiger partial charge in [-0.1, -0.05) is 7.43 Å². The number of alkyl carbamates (subject to hydrolysis) is 1. The van der Waals surface area contributed by atoms with Gasteiger partial charge in [0.2, 0.25) is 0 Å². The number of amides is 1. The molecule has 1 rings (SSSR count). The van der Waals surface area contributed by atoms with Gasteiger partial charge in [-0.25, -0.2) is 4.79 Å². The second kappa shape index (κ2) is 6.09. The van der Waals surface area contributed by atoms with Crippen LogP contribution in [0.1, 0.15) is 53.9 Å². The SMILES string of the molecule is C.CC(C)(C)OC(=O)NC1CCC(N)CC1. The molecule has 1 saturated carbocycles. The number of ether oxygens (including phenoxy) is 1. The maximum Gasteiger partial charge on any atom is 0.407 e. The second-order valence-electron chi connectivity index (χ2n) is 5.26. The maximum absolute atomic E-state index is 11.4. The molecule has 0 aromatic carbocycles. The molecule has 1 amide bonds. The van der Waals surface area contributed by atoms with E-state index in [1.165, 1.54) is 0 Å². The van der Waals surface area contributed by atoms with Crippen LogP contribution < -0.4 is 11.1 Å². The first kappa shape index (κ1) is 15.2. The summed E-state index contributed by atoms with van der Waals surface area (Å²) < 4.78 is 5.19. The molecule has 0 bridgehead atoms. The van der Waals surface area contributed by atoms with Crippen molar-refractivity contribution in [2.45, 2.75) is 71.6 Å². The van der Waals surface area contributed by atoms with E-state index in [-0.39, 0.29) is 19.6 Å². The average molecular weight is 230 g/mol. The van der Waals surface area contributed by atoms with Crippen molar-refractivity contribution >= 4 is 6.09 Å². The van der Waals surface area contributed by atoms with Crippen molar-refractivity contribution < 1.29 is 9.53 Å². The molecule has 4 nitrogen and oxygen atoms in total. The number of nitrogens with two attached hydrogens (primary N) is 1. The first-order valence-electron chi connectivity index (χ1n) is 5.62. The Hall–Kier alpha value is -0.770. The van der Waals surface area contributed by atoms with Gasteiger partial charge in [0.05, 0.1) is 0 Å². The highest BCUT2D eigenvalue weighted by atomic mass is 16.6. The van der Waals surface area contributed by atoms with Crippen LogP contribution in [0.5, 0.6) is 0 Å². The van der Waals surface area contributed by atoms with Crippen LogP contribution in [-0.4, -0.2) is 23.8 Å². The zero-order chi connectivity index (χ0) is 11.5. The molecule has 1 fully saturated rings. The summed E-state index contributed by atoms with van der Waals surface area (Å²) in [6.07, 6.45) is 3.57. The van der Waals surface area contributed by atoms with Gasteiger partial charge in [-0.3, -0.25) is 0 Å². The van der Waals surface area contributed by atoms with Crippen molar-refractivity contribution in [1.82, 2.24) is 5.32 Å². The highest BCUT2D eigenvalue weighted by molar-refractivity contribution is 5.68. The van der Waals surface area contributed by atoms with Gasteiger partial charge in [0.15, 0.2) is 0 Å². The van der Waals surface area contributed by atoms with Crippen molar-refractivity contribution in [1.29, 1.82) is 0 Å². The molecule has 1 aliphatic carbocycles. The van der Waals surface area contributed by atoms with Gasteiger partial charge in [0.1, 0.15) is 5.60 Å². The molecule has 0 unspecified atom stereocenters. The van der Waals surface area contributed by atoms with E-state index in [1.807, 2.05) is 20.8 Å². The number of hydrogen-bond acceptors (Lipinski definition) is 3. The van der Waals surface area contributed by atoms with Crippen LogP contribution in [0.15, 0.2) is 0 Å². The van der Waals surface area contributed by atoms with Crippen LogP contribution >= 0.6 is 0 Å². The minimum Gasteiger partial charge on any atom is -0.444 e. The molecule has 0 saturated heterocycles. The molecule has 0 heterocycles. The zero-order valence-electron chi connectivity index (χ0n) is 9.88. The minimum atomic E-state index is -0.421. The molecule has 3 N–H and O–H groups in total. The number of carbonyl (C=O) groups excluding carboxylic acids is 1. The molecular weight excluding hydrogens is 204 g/mol. The summed E-state index contributed by atoms with van der Waals surface area (Å²) in [5.41, 5.74) is 5.36. The van der Waals surface area contributed by atoms with Gasteiger partial charge >= 0.3 is 6.09 Å². The van der Waals surface area contributed by atoms with Crippen molar-refractivity contribution in [3.05, 3.63) is 0 Å². The van der Waals surface area contributed by atoms with Gasteiger partial charge in [0.25, 0.3) is 0 Å². The fourth-order valence-corrected chi connectivity index (χ4v) is 1.74. The Labute approximate surface area is 98.9 Å². The molecule has 0 spiro atoms. The minimum absolute atomic E-state index is 0. The van der Waals surface area contributed by atoms with Crippen molar-refractivity contribution in [2.75, 3.05) is 0 Å². The van der Waals surface area contributed by atoms with Crippen LogP contribution in [0.3, 0.4) is 0 Å². The smallest absolute Gasteiger partial charge is 0.407 e. The van der Waals surface area contributed by atoms with E-state index in [9.17, 15) is 4.79 Å². The molecule has 0 radical (unpaired) electrons. The van der Waals surface area contributed by atoms with Gasteiger partial charge < -0.3 is 15.8 Å². The predicted octanol–water partition coefficient (Wildman–Crippen LogP) is 2.42. The third kappa shape index (κ3) is 5.95. The molecule has 0 aromatic rings. The molecule has 1 aliphatic rings. The number of rotatable bonds is 1. The van der Waals surface area contributed by atoms with Gasteiger partial charge in [-0.2, -0.15) is 0 Å². The topological polar surface area (TPSA) is 64.3 Å². The lowest BCUT2D eigenvalue weighted by Crippen LogP contribution is -2.42. The van der Waals surface area contributed by atoms with Crippen LogP contribution in [0.2, 0.25) is 0 Å². The van der Waals surface area contributed by atoms with Gasteiger partial charge in [0, 0.05) is 12.1 Å². The Balaban J connectivity index is 0.00000225. The van der Waals surface area contributed by atoms with E-state index >= 15 is 0 Å². The van der Waals surface area contributed by atoms with E-state index in [0.717, 1.165) is 25.7 Å². The normalized spacial score (nSPS) is 25.5. The van der Waals surface area contributed by atoms with Gasteiger partial charge in [-0.05, 0) is 46.5 Å². The lowest BCUT2D eigenvalue weighted by Gasteiger charge is -2.28. The van der Waals surface area contributed by atoms with Crippen molar-refractivity contribution in [2.24, 2.45) is 5.73 Å². The van der Waals surface area contributed by atoms with Crippen molar-refractivity contribution in [3.63, 3.8) is 0 Å². The molecule has 0 aliphatic heterocycles. The van der Waals surface area contributed by atoms with Crippen molar-refractivity contribution in [3.8, 4) is 0 Å². The molecule has 0 aromatic heterocycles. The fourth-order valence-electron chi connectivity index (χ4n) is 1.74. The summed E-state index contributed by atoms with van der Waals surface area (Å²) in [5, 5.41) is 2.88. The van der Waals surface area contributed by atoms with E-state index in [1.54, 1.807) is 0 Å². The maximum atomic E-state index is 11.4. The zero-order valence-corrected chi connectivity index (χ0v) is 9.88. The lowest BCUT2D eigenvalue weighted by molar-refractivity contribution is 0.0491. The first-order valence-corrected chi connectivity index (χ1v) is 5.62. The van der Waals surface area contributed by atoms with Crippen LogP contribution in [0.25, 0.3) is 0 Å². The van der Waals surface area contributed by atoms with Crippen LogP contribution in [-0.2, 0) is 4.74 Å². The van der Waals surface area contributed by atoms with E-state index < -0.39 is 5.60 Å². The first-order chi connectivity index (χ1) is 6.87. The van der Waals surface area contributed by atoms with Crippen LogP contribution in [0.4, 0.5) is 4.79 Å². The highest BCUT2D eigenvalue weighted by Gasteiger charge is 2.22. The Bertz CT molecular complexity index is 216. The second-order valence-corrected chi connectivity index (χ2v) is 5.26. The quantitative estimate of drug-likeness (QED) is 0.727. The fraction of sp³-hybridized carbons (Fsp3) is 0.917. The van der Waals surface area contributed by atoms with Gasteiger partial charge in [-0.15, -0.1) is 0 Å². The number of carbonyl (C=O) groups is 1. The monoisotopic (exact) mass is 230 g/mol. The molecule has 96 valence electrons. The lowest BCUT2D eigenvalue weighted by atomic mass is 9.92. The Morgan fingerprint density at radius 2 is 1.75 bits per heavy atom. The van der Waals surface area contributed by atoms with E-state index in [4.69, 9.17) is 10.5 Å². The summed E-state index contributed by atoms with van der Waals surface area (Å²) in [5.74, 6) is 0. The largest absolute Gasteiger partial charge is 0.444 e. The Morgan fingerprint density at radius 3 is 2.19 bits per heavy atom. The average Bonchev–Trinajstić information content (AvgIpc) is 2.05. The summed E-state index contributed by atoms with van der Waals surface area (Å²) in [4.78, 5) is 11.4. The number of hydrogen-bond donors (Lipinski definition) is 2. The summed E-state index contributed by atoms with van der Waals surface area (Å²) >= 11 is 0. The summed E-state index contributed by atoms with van der Waals surface area (Å²) in [7, 11) is 0. The van der Waals surface area contributed by atoms with E-state index in [2.05, 4.69) is 5.32 Å². The summed E-state index contributed by atoms with van der Waals surface area (Å²) in [6.45, 7) is 5.59. The third-order valence-electron chi connectivity index (χ3n) is 2.49. The molecule has 16 heavy (non-hydrogen) atoms. The Kier molecular flexibility index (Phi) is 5.79. The molecular formula is C12H26N2O2. The van der Waals surface area contributed by atoms with E-state index in [0.29, 0.717) is 6.04 Å². The standard InChI is InChI=1S/C11H22N2O2.CH4/c1-11(2,3)15-10(14)13-9-6-4-8(12)5-7-9;/h8-9H,4-7,12H2,1-3H3,(H,13,14);1H4. The molecule has 4 heteroatoms. The van der Waals surface area contributed by atoms with Crippen LogP contribution in [0, 0.1) is 0 Å². The Morgan fingerprint density at radius 1 is 1.25 bits per heavy atom. The molecule has 0 atom stereocenters. The predicted molar refractivity (Wildman–Crippen MR) is 66.3 cm³/mol. The summed E-state index contributed by atoms with van der Waals surface area (Å²) in [6, 6.07) is 0.543. The number of nitrogens with one attached hydrogen (secondary N) is 1.